The highest BCUT2D eigenvalue weighted by Gasteiger charge is 2.19. The van der Waals surface area contributed by atoms with Gasteiger partial charge in [0, 0.05) is 25.0 Å². The van der Waals surface area contributed by atoms with Gasteiger partial charge >= 0.3 is 0 Å². The molecule has 0 amide bonds. The smallest absolute Gasteiger partial charge is 0.0338 e. The van der Waals surface area contributed by atoms with Crippen LogP contribution in [-0.2, 0) is 13.0 Å². The van der Waals surface area contributed by atoms with Crippen molar-refractivity contribution in [1.29, 1.82) is 0 Å². The predicted octanol–water partition coefficient (Wildman–Crippen LogP) is 4.30. The lowest BCUT2D eigenvalue weighted by Crippen LogP contribution is -2.21. The van der Waals surface area contributed by atoms with E-state index >= 15 is 0 Å². The molecule has 1 aromatic rings. The minimum atomic E-state index is 0.595. The first-order valence-corrected chi connectivity index (χ1v) is 8.12. The van der Waals surface area contributed by atoms with Crippen molar-refractivity contribution in [3.63, 3.8) is 0 Å². The third-order valence-corrected chi connectivity index (χ3v) is 4.17. The largest absolute Gasteiger partial charge is 0.354 e. The highest BCUT2D eigenvalue weighted by atomic mass is 15.0. The van der Waals surface area contributed by atoms with Gasteiger partial charge in [-0.25, -0.2) is 0 Å². The summed E-state index contributed by atoms with van der Waals surface area (Å²) in [4.78, 5) is 0. The molecule has 0 fully saturated rings. The normalized spacial score (nSPS) is 19.5. The van der Waals surface area contributed by atoms with Gasteiger partial charge in [-0.05, 0) is 55.7 Å². The minimum absolute atomic E-state index is 0.595. The van der Waals surface area contributed by atoms with Gasteiger partial charge in [0.15, 0.2) is 0 Å². The van der Waals surface area contributed by atoms with E-state index in [1.165, 1.54) is 45.1 Å². The molecule has 1 N–H and O–H groups in total. The summed E-state index contributed by atoms with van der Waals surface area (Å²) in [7, 11) is 0. The van der Waals surface area contributed by atoms with Crippen molar-refractivity contribution in [1.82, 2.24) is 9.88 Å². The maximum absolute atomic E-state index is 3.73. The van der Waals surface area contributed by atoms with E-state index in [9.17, 15) is 0 Å². The molecule has 108 valence electrons. The van der Waals surface area contributed by atoms with Gasteiger partial charge in [0.2, 0.25) is 0 Å². The molecule has 19 heavy (non-hydrogen) atoms. The van der Waals surface area contributed by atoms with E-state index < -0.39 is 0 Å². The summed E-state index contributed by atoms with van der Waals surface area (Å²) < 4.78 is 2.43. The lowest BCUT2D eigenvalue weighted by atomic mass is 10.0. The van der Waals surface area contributed by atoms with Crippen LogP contribution in [-0.4, -0.2) is 11.1 Å². The maximum Gasteiger partial charge on any atom is 0.0338 e. The van der Waals surface area contributed by atoms with E-state index in [4.69, 9.17) is 0 Å². The quantitative estimate of drug-likeness (QED) is 0.756. The highest BCUT2D eigenvalue weighted by molar-refractivity contribution is 5.29. The van der Waals surface area contributed by atoms with Gasteiger partial charge in [0.1, 0.15) is 0 Å². The molecule has 1 atom stereocenters. The first-order chi connectivity index (χ1) is 9.20. The first-order valence-electron chi connectivity index (χ1n) is 8.12. The molecule has 0 bridgehead atoms. The molecule has 1 aliphatic carbocycles. The summed E-state index contributed by atoms with van der Waals surface area (Å²) in [6, 6.07) is 0.595. The van der Waals surface area contributed by atoms with E-state index in [0.29, 0.717) is 6.04 Å². The number of aromatic nitrogens is 1. The van der Waals surface area contributed by atoms with E-state index in [2.05, 4.69) is 43.0 Å². The molecule has 0 saturated heterocycles. The maximum atomic E-state index is 3.73. The van der Waals surface area contributed by atoms with Gasteiger partial charge in [-0.15, -0.1) is 0 Å². The number of hydrogen-bond acceptors (Lipinski definition) is 1. The second-order valence-electron chi connectivity index (χ2n) is 6.41. The molecule has 2 heteroatoms. The predicted molar refractivity (Wildman–Crippen MR) is 82.5 cm³/mol. The molecule has 1 heterocycles. The number of hydrogen-bond donors (Lipinski definition) is 1. The van der Waals surface area contributed by atoms with Crippen LogP contribution in [0.1, 0.15) is 70.0 Å². The molecule has 0 spiro atoms. The van der Waals surface area contributed by atoms with Gasteiger partial charge < -0.3 is 9.88 Å². The monoisotopic (exact) mass is 262 g/mol. The molecule has 0 aliphatic heterocycles. The fraction of sp³-hybridized carbons (Fsp3) is 0.765. The molecule has 1 unspecified atom stereocenters. The molecule has 1 aliphatic rings. The number of aryl methyl sites for hydroxylation is 2. The van der Waals surface area contributed by atoms with E-state index in [1.807, 2.05) is 0 Å². The summed E-state index contributed by atoms with van der Waals surface area (Å²) in [5, 5.41) is 3.73. The molecular formula is C17H30N2. The molecule has 0 radical (unpaired) electrons. The standard InChI is InChI=1S/C17H30N2/c1-4-10-18-17-8-6-5-7-15-12-19(13-16(15)17)11-9-14(2)3/h12-14,17-18H,4-11H2,1-3H3. The average Bonchev–Trinajstić information content (AvgIpc) is 2.70. The Morgan fingerprint density at radius 2 is 2.16 bits per heavy atom. The Labute approximate surface area is 118 Å². The second-order valence-corrected chi connectivity index (χ2v) is 6.41. The van der Waals surface area contributed by atoms with Crippen LogP contribution in [0, 0.1) is 5.92 Å². The van der Waals surface area contributed by atoms with Gasteiger partial charge in [-0.1, -0.05) is 27.2 Å². The summed E-state index contributed by atoms with van der Waals surface area (Å²) >= 11 is 0. The SMILES string of the molecule is CCCNC1CCCCc2cn(CCC(C)C)cc21. The Kier molecular flexibility index (Phi) is 5.50. The van der Waals surface area contributed by atoms with Crippen molar-refractivity contribution in [3.8, 4) is 0 Å². The molecule has 2 rings (SSSR count). The van der Waals surface area contributed by atoms with Crippen LogP contribution in [0.2, 0.25) is 0 Å². The van der Waals surface area contributed by atoms with Crippen molar-refractivity contribution in [2.24, 2.45) is 5.92 Å². The van der Waals surface area contributed by atoms with Crippen molar-refractivity contribution in [3.05, 3.63) is 23.5 Å². The van der Waals surface area contributed by atoms with Gasteiger partial charge in [0.25, 0.3) is 0 Å². The van der Waals surface area contributed by atoms with Gasteiger partial charge in [0.05, 0.1) is 0 Å². The third kappa shape index (κ3) is 4.10. The van der Waals surface area contributed by atoms with Crippen LogP contribution in [0.5, 0.6) is 0 Å². The number of fused-ring (bicyclic) bond motifs is 1. The number of nitrogens with zero attached hydrogens (tertiary/aromatic N) is 1. The molecule has 1 aromatic heterocycles. The van der Waals surface area contributed by atoms with Gasteiger partial charge in [-0.3, -0.25) is 0 Å². The van der Waals surface area contributed by atoms with Crippen molar-refractivity contribution in [2.75, 3.05) is 6.54 Å². The zero-order chi connectivity index (χ0) is 13.7. The third-order valence-electron chi connectivity index (χ3n) is 4.17. The Bertz CT molecular complexity index is 379. The fourth-order valence-electron chi connectivity index (χ4n) is 2.98. The van der Waals surface area contributed by atoms with Crippen molar-refractivity contribution < 1.29 is 0 Å². The topological polar surface area (TPSA) is 17.0 Å². The lowest BCUT2D eigenvalue weighted by molar-refractivity contribution is 0.483. The summed E-state index contributed by atoms with van der Waals surface area (Å²) in [6.45, 7) is 9.17. The zero-order valence-electron chi connectivity index (χ0n) is 12.9. The van der Waals surface area contributed by atoms with Gasteiger partial charge in [-0.2, -0.15) is 0 Å². The van der Waals surface area contributed by atoms with Crippen molar-refractivity contribution in [2.45, 2.75) is 71.9 Å². The number of nitrogens with one attached hydrogen (secondary N) is 1. The Balaban J connectivity index is 2.08. The first kappa shape index (κ1) is 14.6. The molecule has 0 aromatic carbocycles. The van der Waals surface area contributed by atoms with Crippen LogP contribution in [0.3, 0.4) is 0 Å². The van der Waals surface area contributed by atoms with E-state index in [1.54, 1.807) is 11.1 Å². The van der Waals surface area contributed by atoms with E-state index in [-0.39, 0.29) is 0 Å². The van der Waals surface area contributed by atoms with Crippen LogP contribution < -0.4 is 5.32 Å². The number of rotatable bonds is 6. The summed E-state index contributed by atoms with van der Waals surface area (Å²) in [6.07, 6.45) is 12.6. The Morgan fingerprint density at radius 1 is 1.32 bits per heavy atom. The average molecular weight is 262 g/mol. The molecule has 0 saturated carbocycles. The zero-order valence-corrected chi connectivity index (χ0v) is 12.9. The van der Waals surface area contributed by atoms with Crippen LogP contribution in [0.4, 0.5) is 0 Å². The van der Waals surface area contributed by atoms with Crippen LogP contribution >= 0.6 is 0 Å². The molecule has 2 nitrogen and oxygen atoms in total. The summed E-state index contributed by atoms with van der Waals surface area (Å²) in [5.74, 6) is 0.788. The molecular weight excluding hydrogens is 232 g/mol. The Morgan fingerprint density at radius 3 is 2.89 bits per heavy atom. The second kappa shape index (κ2) is 7.14. The fourth-order valence-corrected chi connectivity index (χ4v) is 2.98. The summed E-state index contributed by atoms with van der Waals surface area (Å²) in [5.41, 5.74) is 3.17. The Hall–Kier alpha value is -0.760. The van der Waals surface area contributed by atoms with Crippen LogP contribution in [0.25, 0.3) is 0 Å². The highest BCUT2D eigenvalue weighted by Crippen LogP contribution is 2.29. The van der Waals surface area contributed by atoms with Crippen molar-refractivity contribution >= 4 is 0 Å². The lowest BCUT2D eigenvalue weighted by Gasteiger charge is -2.16. The van der Waals surface area contributed by atoms with E-state index in [0.717, 1.165) is 12.5 Å². The minimum Gasteiger partial charge on any atom is -0.354 e. The van der Waals surface area contributed by atoms with Crippen LogP contribution in [0.15, 0.2) is 12.4 Å².